The molecule has 2 heterocycles. The fraction of sp³-hybridized carbons (Fsp3) is 0.765. The summed E-state index contributed by atoms with van der Waals surface area (Å²) in [4.78, 5) is 20.5. The van der Waals surface area contributed by atoms with Gasteiger partial charge < -0.3 is 5.32 Å². The van der Waals surface area contributed by atoms with Crippen LogP contribution in [0.15, 0.2) is 5.38 Å². The number of amides is 1. The minimum Gasteiger partial charge on any atom is -0.314 e. The van der Waals surface area contributed by atoms with Crippen molar-refractivity contribution in [1.82, 2.24) is 15.2 Å². The highest BCUT2D eigenvalue weighted by atomic mass is 35.5. The lowest BCUT2D eigenvalue weighted by atomic mass is 10.0. The molecule has 0 unspecified atom stereocenters. The summed E-state index contributed by atoms with van der Waals surface area (Å²) in [5, 5.41) is 6.65. The van der Waals surface area contributed by atoms with Gasteiger partial charge in [-0.1, -0.05) is 0 Å². The van der Waals surface area contributed by atoms with E-state index in [-0.39, 0.29) is 18.3 Å². The van der Waals surface area contributed by atoms with E-state index in [9.17, 15) is 4.79 Å². The first-order chi connectivity index (χ1) is 11.2. The van der Waals surface area contributed by atoms with Crippen LogP contribution in [0.3, 0.4) is 0 Å². The van der Waals surface area contributed by atoms with Crippen LogP contribution in [0.25, 0.3) is 0 Å². The number of halogens is 1. The van der Waals surface area contributed by atoms with Gasteiger partial charge in [0.25, 0.3) is 0 Å². The Kier molecular flexibility index (Phi) is 7.47. The molecule has 0 aromatic carbocycles. The third-order valence-electron chi connectivity index (χ3n) is 4.83. The van der Waals surface area contributed by atoms with E-state index in [1.54, 1.807) is 23.2 Å². The van der Waals surface area contributed by atoms with Crippen molar-refractivity contribution in [2.24, 2.45) is 5.92 Å². The minimum absolute atomic E-state index is 0. The Bertz CT molecular complexity index is 526. The lowest BCUT2D eigenvalue weighted by Crippen LogP contribution is -2.42. The molecule has 1 N–H and O–H groups in total. The number of likely N-dealkylation sites (tertiary alicyclic amines) is 1. The van der Waals surface area contributed by atoms with Crippen LogP contribution in [-0.2, 0) is 11.3 Å². The molecule has 0 atom stereocenters. The summed E-state index contributed by atoms with van der Waals surface area (Å²) >= 11 is 1.57. The standard InChI is InChI=1S/C17H28N4OS.ClH/c1-3-21(13(2)22)17-19-16(12-23-17)11-20-8-6-15(7-9-20)18-10-14-4-5-14;/h12,14-15,18H,3-11H2,1-2H3;1H. The quantitative estimate of drug-likeness (QED) is 0.799. The van der Waals surface area contributed by atoms with Gasteiger partial charge >= 0.3 is 0 Å². The van der Waals surface area contributed by atoms with Crippen LogP contribution in [0.2, 0.25) is 0 Å². The molecule has 24 heavy (non-hydrogen) atoms. The van der Waals surface area contributed by atoms with E-state index in [1.165, 1.54) is 32.2 Å². The molecule has 1 aromatic heterocycles. The highest BCUT2D eigenvalue weighted by molar-refractivity contribution is 7.14. The summed E-state index contributed by atoms with van der Waals surface area (Å²) in [7, 11) is 0. The van der Waals surface area contributed by atoms with Crippen LogP contribution in [-0.4, -0.2) is 48.0 Å². The lowest BCUT2D eigenvalue weighted by Gasteiger charge is -2.32. The molecule has 1 amide bonds. The van der Waals surface area contributed by atoms with Gasteiger partial charge in [0.2, 0.25) is 5.91 Å². The average Bonchev–Trinajstić information content (AvgIpc) is 3.26. The van der Waals surface area contributed by atoms with Gasteiger partial charge in [-0.25, -0.2) is 4.98 Å². The van der Waals surface area contributed by atoms with Crippen molar-refractivity contribution in [3.63, 3.8) is 0 Å². The first-order valence-electron chi connectivity index (χ1n) is 8.84. The first kappa shape index (κ1) is 19.6. The predicted molar refractivity (Wildman–Crippen MR) is 102 cm³/mol. The number of hydrogen-bond acceptors (Lipinski definition) is 5. The van der Waals surface area contributed by atoms with Crippen molar-refractivity contribution in [2.45, 2.75) is 52.1 Å². The summed E-state index contributed by atoms with van der Waals surface area (Å²) in [6, 6.07) is 0.700. The molecule has 1 aliphatic heterocycles. The number of rotatable bonds is 7. The maximum absolute atomic E-state index is 11.6. The van der Waals surface area contributed by atoms with Crippen molar-refractivity contribution in [3.05, 3.63) is 11.1 Å². The van der Waals surface area contributed by atoms with Crippen LogP contribution < -0.4 is 10.2 Å². The monoisotopic (exact) mass is 372 g/mol. The number of thiazole rings is 1. The minimum atomic E-state index is 0. The summed E-state index contributed by atoms with van der Waals surface area (Å²) in [6.45, 7) is 8.67. The fourth-order valence-corrected chi connectivity index (χ4v) is 4.09. The Labute approximate surface area is 155 Å². The zero-order valence-electron chi connectivity index (χ0n) is 14.7. The summed E-state index contributed by atoms with van der Waals surface area (Å²) < 4.78 is 0. The number of nitrogens with zero attached hydrogens (tertiary/aromatic N) is 3. The second kappa shape index (κ2) is 9.13. The molecule has 2 fully saturated rings. The van der Waals surface area contributed by atoms with E-state index >= 15 is 0 Å². The van der Waals surface area contributed by atoms with Gasteiger partial charge in [0, 0.05) is 44.5 Å². The van der Waals surface area contributed by atoms with Gasteiger partial charge in [0.15, 0.2) is 5.13 Å². The predicted octanol–water partition coefficient (Wildman–Crippen LogP) is 2.90. The normalized spacial score (nSPS) is 19.1. The highest BCUT2D eigenvalue weighted by Crippen LogP contribution is 2.28. The van der Waals surface area contributed by atoms with E-state index in [1.807, 2.05) is 6.92 Å². The van der Waals surface area contributed by atoms with Crippen LogP contribution in [0.5, 0.6) is 0 Å². The van der Waals surface area contributed by atoms with Gasteiger partial charge in [0.05, 0.1) is 5.69 Å². The van der Waals surface area contributed by atoms with E-state index in [4.69, 9.17) is 0 Å². The van der Waals surface area contributed by atoms with Crippen molar-refractivity contribution in [1.29, 1.82) is 0 Å². The van der Waals surface area contributed by atoms with Gasteiger partial charge in [-0.05, 0) is 45.1 Å². The molecule has 1 aromatic rings. The van der Waals surface area contributed by atoms with E-state index in [0.29, 0.717) is 12.6 Å². The Morgan fingerprint density at radius 1 is 1.38 bits per heavy atom. The number of hydrogen-bond donors (Lipinski definition) is 1. The molecule has 5 nitrogen and oxygen atoms in total. The third-order valence-corrected chi connectivity index (χ3v) is 5.74. The Balaban J connectivity index is 0.00000208. The van der Waals surface area contributed by atoms with Crippen LogP contribution >= 0.6 is 23.7 Å². The maximum atomic E-state index is 11.6. The number of piperidine rings is 1. The Hall–Kier alpha value is -0.690. The largest absolute Gasteiger partial charge is 0.314 e. The average molecular weight is 373 g/mol. The molecule has 7 heteroatoms. The van der Waals surface area contributed by atoms with Gasteiger partial charge in [-0.2, -0.15) is 0 Å². The molecule has 2 aliphatic rings. The third kappa shape index (κ3) is 5.41. The molecule has 0 radical (unpaired) electrons. The van der Waals surface area contributed by atoms with Crippen LogP contribution in [0, 0.1) is 5.92 Å². The van der Waals surface area contributed by atoms with Gasteiger partial charge in [0.1, 0.15) is 0 Å². The zero-order chi connectivity index (χ0) is 16.2. The van der Waals surface area contributed by atoms with Crippen molar-refractivity contribution in [3.8, 4) is 0 Å². The molecule has 1 saturated heterocycles. The van der Waals surface area contributed by atoms with Gasteiger partial charge in [-0.3, -0.25) is 14.6 Å². The lowest BCUT2D eigenvalue weighted by molar-refractivity contribution is -0.116. The van der Waals surface area contributed by atoms with Crippen molar-refractivity contribution >= 4 is 34.8 Å². The number of aromatic nitrogens is 1. The second-order valence-corrected chi connectivity index (χ2v) is 7.62. The molecule has 1 aliphatic carbocycles. The van der Waals surface area contributed by atoms with Crippen molar-refractivity contribution in [2.75, 3.05) is 31.1 Å². The molecular weight excluding hydrogens is 344 g/mol. The SMILES string of the molecule is CCN(C(C)=O)c1nc(CN2CCC(NCC3CC3)CC2)cs1.Cl. The summed E-state index contributed by atoms with van der Waals surface area (Å²) in [5.74, 6) is 1.03. The second-order valence-electron chi connectivity index (χ2n) is 6.79. The zero-order valence-corrected chi connectivity index (χ0v) is 16.3. The molecule has 1 saturated carbocycles. The van der Waals surface area contributed by atoms with Crippen molar-refractivity contribution < 1.29 is 4.79 Å². The van der Waals surface area contributed by atoms with E-state index in [2.05, 4.69) is 20.6 Å². The molecule has 3 rings (SSSR count). The summed E-state index contributed by atoms with van der Waals surface area (Å²) in [6.07, 6.45) is 5.32. The topological polar surface area (TPSA) is 48.5 Å². The van der Waals surface area contributed by atoms with E-state index in [0.717, 1.165) is 36.4 Å². The number of anilines is 1. The van der Waals surface area contributed by atoms with E-state index < -0.39 is 0 Å². The molecule has 0 spiro atoms. The molecule has 0 bridgehead atoms. The highest BCUT2D eigenvalue weighted by Gasteiger charge is 2.24. The molecule has 136 valence electrons. The fourth-order valence-electron chi connectivity index (χ4n) is 3.17. The molecular formula is C17H29ClN4OS. The van der Waals surface area contributed by atoms with Crippen LogP contribution in [0.1, 0.15) is 45.2 Å². The van der Waals surface area contributed by atoms with Crippen LogP contribution in [0.4, 0.5) is 5.13 Å². The number of carbonyl (C=O) groups is 1. The summed E-state index contributed by atoms with van der Waals surface area (Å²) in [5.41, 5.74) is 1.09. The first-order valence-corrected chi connectivity index (χ1v) is 9.72. The number of carbonyl (C=O) groups excluding carboxylic acids is 1. The van der Waals surface area contributed by atoms with Gasteiger partial charge in [-0.15, -0.1) is 23.7 Å². The number of nitrogens with one attached hydrogen (secondary N) is 1. The Morgan fingerprint density at radius 2 is 2.08 bits per heavy atom. The maximum Gasteiger partial charge on any atom is 0.225 e. The Morgan fingerprint density at radius 3 is 2.67 bits per heavy atom. The smallest absolute Gasteiger partial charge is 0.225 e.